The van der Waals surface area contributed by atoms with Gasteiger partial charge in [0.25, 0.3) is 5.91 Å². The monoisotopic (exact) mass is 442 g/mol. The number of nitrogens with one attached hydrogen (secondary N) is 3. The number of benzene rings is 3. The van der Waals surface area contributed by atoms with Crippen LogP contribution >= 0.6 is 11.8 Å². The van der Waals surface area contributed by atoms with Crippen LogP contribution in [-0.4, -0.2) is 34.6 Å². The number of rotatable bonds is 7. The maximum atomic E-state index is 12.4. The highest BCUT2D eigenvalue weighted by molar-refractivity contribution is 7.99. The van der Waals surface area contributed by atoms with E-state index < -0.39 is 0 Å². The van der Waals surface area contributed by atoms with Gasteiger partial charge in [-0.05, 0) is 24.3 Å². The summed E-state index contributed by atoms with van der Waals surface area (Å²) in [4.78, 5) is 32.2. The van der Waals surface area contributed by atoms with E-state index in [1.54, 1.807) is 31.3 Å². The summed E-state index contributed by atoms with van der Waals surface area (Å²) in [7, 11) is 1.58. The number of hydrogen-bond acceptors (Lipinski definition) is 4. The van der Waals surface area contributed by atoms with Crippen molar-refractivity contribution >= 4 is 29.3 Å². The Kier molecular flexibility index (Phi) is 6.67. The fourth-order valence-corrected chi connectivity index (χ4v) is 3.89. The fourth-order valence-electron chi connectivity index (χ4n) is 3.22. The van der Waals surface area contributed by atoms with E-state index in [0.29, 0.717) is 16.4 Å². The molecule has 0 aliphatic carbocycles. The molecule has 0 radical (unpaired) electrons. The van der Waals surface area contributed by atoms with Gasteiger partial charge in [0.15, 0.2) is 5.16 Å². The molecule has 0 aliphatic heterocycles. The predicted molar refractivity (Wildman–Crippen MR) is 129 cm³/mol. The average Bonchev–Trinajstić information content (AvgIpc) is 3.28. The van der Waals surface area contributed by atoms with Gasteiger partial charge < -0.3 is 15.6 Å². The molecule has 160 valence electrons. The SMILES string of the molecule is CNC(=O)c1ccc(NC(=O)CSc2nc(-c3ccccc3)c(-c3ccccc3)[nH]2)cc1. The van der Waals surface area contributed by atoms with Gasteiger partial charge in [0, 0.05) is 29.4 Å². The van der Waals surface area contributed by atoms with Crippen LogP contribution in [0.25, 0.3) is 22.5 Å². The number of carbonyl (C=O) groups is 2. The lowest BCUT2D eigenvalue weighted by Gasteiger charge is -2.05. The summed E-state index contributed by atoms with van der Waals surface area (Å²) in [5.74, 6) is -0.117. The van der Waals surface area contributed by atoms with Gasteiger partial charge in [0.1, 0.15) is 0 Å². The number of aromatic amines is 1. The van der Waals surface area contributed by atoms with Crippen LogP contribution in [0.4, 0.5) is 5.69 Å². The molecule has 3 aromatic carbocycles. The van der Waals surface area contributed by atoms with Crippen LogP contribution in [0.15, 0.2) is 90.1 Å². The Bertz CT molecular complexity index is 1150. The molecule has 3 N–H and O–H groups in total. The van der Waals surface area contributed by atoms with Crippen LogP contribution in [-0.2, 0) is 4.79 Å². The van der Waals surface area contributed by atoms with Crippen LogP contribution in [0.2, 0.25) is 0 Å². The van der Waals surface area contributed by atoms with Crippen molar-refractivity contribution in [1.29, 1.82) is 0 Å². The fraction of sp³-hybridized carbons (Fsp3) is 0.0800. The number of aromatic nitrogens is 2. The number of imidazole rings is 1. The Morgan fingerprint density at radius 1 is 0.875 bits per heavy atom. The van der Waals surface area contributed by atoms with Crippen molar-refractivity contribution in [2.45, 2.75) is 5.16 Å². The molecule has 0 spiro atoms. The van der Waals surface area contributed by atoms with E-state index in [1.807, 2.05) is 60.7 Å². The highest BCUT2D eigenvalue weighted by Gasteiger charge is 2.15. The van der Waals surface area contributed by atoms with Crippen LogP contribution in [0.3, 0.4) is 0 Å². The summed E-state index contributed by atoms with van der Waals surface area (Å²) in [5.41, 5.74) is 4.99. The first-order chi connectivity index (χ1) is 15.6. The largest absolute Gasteiger partial charge is 0.355 e. The summed E-state index contributed by atoms with van der Waals surface area (Å²) in [6, 6.07) is 26.7. The zero-order chi connectivity index (χ0) is 22.3. The number of anilines is 1. The van der Waals surface area contributed by atoms with Crippen LogP contribution in [0.1, 0.15) is 10.4 Å². The van der Waals surface area contributed by atoms with E-state index in [9.17, 15) is 9.59 Å². The van der Waals surface area contributed by atoms with Crippen LogP contribution < -0.4 is 10.6 Å². The first kappa shape index (κ1) is 21.4. The third-order valence-corrected chi connectivity index (χ3v) is 5.66. The zero-order valence-electron chi connectivity index (χ0n) is 17.5. The molecular weight excluding hydrogens is 420 g/mol. The molecule has 1 heterocycles. The van der Waals surface area contributed by atoms with Crippen molar-refractivity contribution in [1.82, 2.24) is 15.3 Å². The molecule has 7 heteroatoms. The van der Waals surface area contributed by atoms with E-state index >= 15 is 0 Å². The number of amides is 2. The predicted octanol–water partition coefficient (Wildman–Crippen LogP) is 4.83. The highest BCUT2D eigenvalue weighted by atomic mass is 32.2. The Hall–Kier alpha value is -3.84. The summed E-state index contributed by atoms with van der Waals surface area (Å²) in [6.45, 7) is 0. The van der Waals surface area contributed by atoms with Gasteiger partial charge in [-0.15, -0.1) is 0 Å². The third-order valence-electron chi connectivity index (χ3n) is 4.79. The van der Waals surface area contributed by atoms with Gasteiger partial charge in [-0.1, -0.05) is 72.4 Å². The standard InChI is InChI=1S/C25H22N4O2S/c1-26-24(31)19-12-14-20(15-13-19)27-21(30)16-32-25-28-22(17-8-4-2-5-9-17)23(29-25)18-10-6-3-7-11-18/h2-15H,16H2,1H3,(H,26,31)(H,27,30)(H,28,29). The Morgan fingerprint density at radius 3 is 2.12 bits per heavy atom. The number of thioether (sulfide) groups is 1. The quantitative estimate of drug-likeness (QED) is 0.358. The minimum Gasteiger partial charge on any atom is -0.355 e. The Morgan fingerprint density at radius 2 is 1.50 bits per heavy atom. The Labute approximate surface area is 190 Å². The molecule has 1 aromatic heterocycles. The second-order valence-electron chi connectivity index (χ2n) is 6.99. The number of nitrogens with zero attached hydrogens (tertiary/aromatic N) is 1. The second-order valence-corrected chi connectivity index (χ2v) is 7.95. The molecule has 2 amide bonds. The van der Waals surface area contributed by atoms with Gasteiger partial charge in [-0.3, -0.25) is 9.59 Å². The van der Waals surface area contributed by atoms with Crippen molar-refractivity contribution in [2.24, 2.45) is 0 Å². The molecule has 0 atom stereocenters. The van der Waals surface area contributed by atoms with Crippen molar-refractivity contribution in [3.05, 3.63) is 90.5 Å². The lowest BCUT2D eigenvalue weighted by Crippen LogP contribution is -2.18. The van der Waals surface area contributed by atoms with E-state index in [-0.39, 0.29) is 17.6 Å². The smallest absolute Gasteiger partial charge is 0.251 e. The lowest BCUT2D eigenvalue weighted by atomic mass is 10.1. The van der Waals surface area contributed by atoms with E-state index in [0.717, 1.165) is 22.5 Å². The van der Waals surface area contributed by atoms with Gasteiger partial charge in [-0.2, -0.15) is 0 Å². The van der Waals surface area contributed by atoms with Gasteiger partial charge in [-0.25, -0.2) is 4.98 Å². The first-order valence-electron chi connectivity index (χ1n) is 10.1. The molecule has 0 saturated carbocycles. The summed E-state index contributed by atoms with van der Waals surface area (Å²) in [6.07, 6.45) is 0. The number of H-pyrrole nitrogens is 1. The maximum Gasteiger partial charge on any atom is 0.251 e. The molecule has 0 saturated heterocycles. The normalized spacial score (nSPS) is 10.5. The van der Waals surface area contributed by atoms with Crippen LogP contribution in [0.5, 0.6) is 0 Å². The topological polar surface area (TPSA) is 86.9 Å². The van der Waals surface area contributed by atoms with Crippen LogP contribution in [0, 0.1) is 0 Å². The lowest BCUT2D eigenvalue weighted by molar-refractivity contribution is -0.113. The molecule has 4 aromatic rings. The molecule has 0 aliphatic rings. The van der Waals surface area contributed by atoms with E-state index in [1.165, 1.54) is 11.8 Å². The van der Waals surface area contributed by atoms with E-state index in [2.05, 4.69) is 15.6 Å². The van der Waals surface area contributed by atoms with Crippen molar-refractivity contribution in [2.75, 3.05) is 18.1 Å². The van der Waals surface area contributed by atoms with Gasteiger partial charge >= 0.3 is 0 Å². The molecule has 32 heavy (non-hydrogen) atoms. The average molecular weight is 443 g/mol. The minimum absolute atomic E-state index is 0.151. The van der Waals surface area contributed by atoms with Gasteiger partial charge in [0.2, 0.25) is 5.91 Å². The summed E-state index contributed by atoms with van der Waals surface area (Å²) in [5, 5.41) is 6.09. The second kappa shape index (κ2) is 9.98. The molecular formula is C25H22N4O2S. The van der Waals surface area contributed by atoms with Gasteiger partial charge in [0.05, 0.1) is 17.1 Å². The molecule has 0 unspecified atom stereocenters. The molecule has 0 bridgehead atoms. The third kappa shape index (κ3) is 5.07. The summed E-state index contributed by atoms with van der Waals surface area (Å²) >= 11 is 1.34. The zero-order valence-corrected chi connectivity index (χ0v) is 18.3. The minimum atomic E-state index is -0.167. The van der Waals surface area contributed by atoms with Crippen molar-refractivity contribution in [3.8, 4) is 22.5 Å². The maximum absolute atomic E-state index is 12.4. The molecule has 4 rings (SSSR count). The number of hydrogen-bond donors (Lipinski definition) is 3. The highest BCUT2D eigenvalue weighted by Crippen LogP contribution is 2.32. The van der Waals surface area contributed by atoms with Crippen molar-refractivity contribution < 1.29 is 9.59 Å². The molecule has 6 nitrogen and oxygen atoms in total. The number of carbonyl (C=O) groups excluding carboxylic acids is 2. The first-order valence-corrected chi connectivity index (χ1v) is 11.1. The summed E-state index contributed by atoms with van der Waals surface area (Å²) < 4.78 is 0. The van der Waals surface area contributed by atoms with Crippen molar-refractivity contribution in [3.63, 3.8) is 0 Å². The molecule has 0 fully saturated rings. The Balaban J connectivity index is 1.47. The van der Waals surface area contributed by atoms with E-state index in [4.69, 9.17) is 4.98 Å².